The maximum absolute atomic E-state index is 13.0. The van der Waals surface area contributed by atoms with Crippen molar-refractivity contribution in [1.82, 2.24) is 10.2 Å². The summed E-state index contributed by atoms with van der Waals surface area (Å²) in [6, 6.07) is 8.40. The fraction of sp³-hybridized carbons (Fsp3) is 0.400. The summed E-state index contributed by atoms with van der Waals surface area (Å²) in [4.78, 5) is 13.0. The molecule has 2 aliphatic rings. The van der Waals surface area contributed by atoms with Crippen LogP contribution in [0.2, 0.25) is 0 Å². The third-order valence-electron chi connectivity index (χ3n) is 5.25. The minimum absolute atomic E-state index is 0.0392. The number of fused-ring (bicyclic) bond motifs is 1. The van der Waals surface area contributed by atoms with Gasteiger partial charge in [0.2, 0.25) is 0 Å². The monoisotopic (exact) mass is 306 g/mol. The number of rotatable bonds is 1. The van der Waals surface area contributed by atoms with Crippen molar-refractivity contribution in [3.63, 3.8) is 0 Å². The Bertz CT molecular complexity index is 826. The Labute approximate surface area is 136 Å². The summed E-state index contributed by atoms with van der Waals surface area (Å²) in [5, 5.41) is 7.42. The van der Waals surface area contributed by atoms with Gasteiger partial charge in [-0.2, -0.15) is 5.10 Å². The number of nitrogens with zero attached hydrogens (tertiary/aromatic N) is 1. The van der Waals surface area contributed by atoms with Crippen molar-refractivity contribution < 1.29 is 4.79 Å². The number of nitrogens with one attached hydrogen (secondary N) is 1. The van der Waals surface area contributed by atoms with Crippen LogP contribution >= 0.6 is 0 Å². The highest BCUT2D eigenvalue weighted by molar-refractivity contribution is 6.00. The van der Waals surface area contributed by atoms with E-state index in [0.717, 1.165) is 18.4 Å². The first-order valence-electron chi connectivity index (χ1n) is 8.29. The van der Waals surface area contributed by atoms with Crippen molar-refractivity contribution in [2.45, 2.75) is 46.0 Å². The molecule has 1 aromatic carbocycles. The van der Waals surface area contributed by atoms with Gasteiger partial charge in [-0.1, -0.05) is 43.7 Å². The number of aryl methyl sites for hydroxylation is 1. The summed E-state index contributed by atoms with van der Waals surface area (Å²) in [6.07, 6.45) is 4.38. The van der Waals surface area contributed by atoms with Gasteiger partial charge in [0.25, 0.3) is 0 Å². The molecule has 1 heterocycles. The molecule has 1 N–H and O–H groups in total. The SMILES string of the molecule is Cc1ccccc1C1C2=C(Cc3[nH]ncc31)CC(C)(C)CC2=O. The van der Waals surface area contributed by atoms with Crippen LogP contribution in [0.1, 0.15) is 55.0 Å². The number of aromatic amines is 1. The van der Waals surface area contributed by atoms with Crippen molar-refractivity contribution in [3.8, 4) is 0 Å². The Morgan fingerprint density at radius 3 is 2.74 bits per heavy atom. The molecule has 23 heavy (non-hydrogen) atoms. The molecule has 1 atom stereocenters. The van der Waals surface area contributed by atoms with Gasteiger partial charge in [-0.25, -0.2) is 0 Å². The van der Waals surface area contributed by atoms with Crippen molar-refractivity contribution in [2.75, 3.05) is 0 Å². The second kappa shape index (κ2) is 4.92. The predicted octanol–water partition coefficient (Wildman–Crippen LogP) is 4.09. The number of ketones is 1. The second-order valence-electron chi connectivity index (χ2n) is 7.73. The smallest absolute Gasteiger partial charge is 0.160 e. The normalized spacial score (nSPS) is 22.7. The van der Waals surface area contributed by atoms with Crippen molar-refractivity contribution in [3.05, 3.63) is 64.0 Å². The number of Topliss-reactive ketones (excluding diaryl/α,β-unsaturated/α-hetero) is 1. The highest BCUT2D eigenvalue weighted by Crippen LogP contribution is 2.48. The molecule has 1 unspecified atom stereocenters. The zero-order valence-electron chi connectivity index (χ0n) is 13.9. The standard InChI is InChI=1S/C20H22N2O/c1-12-6-4-5-7-14(12)19-15-11-21-22-16(15)8-13-9-20(2,3)10-17(23)18(13)19/h4-7,11,19H,8-10H2,1-3H3,(H,21,22). The van der Waals surface area contributed by atoms with E-state index in [2.05, 4.69) is 55.2 Å². The Balaban J connectivity index is 1.94. The molecule has 3 heteroatoms. The highest BCUT2D eigenvalue weighted by Gasteiger charge is 2.41. The first-order valence-corrected chi connectivity index (χ1v) is 8.29. The lowest BCUT2D eigenvalue weighted by molar-refractivity contribution is -0.118. The molecule has 0 amide bonds. The lowest BCUT2D eigenvalue weighted by Crippen LogP contribution is -2.32. The fourth-order valence-corrected chi connectivity index (χ4v) is 4.30. The number of benzene rings is 1. The third kappa shape index (κ3) is 2.26. The van der Waals surface area contributed by atoms with Crippen LogP contribution in [0.4, 0.5) is 0 Å². The number of H-pyrrole nitrogens is 1. The summed E-state index contributed by atoms with van der Waals surface area (Å²) in [5.74, 6) is 0.355. The minimum Gasteiger partial charge on any atom is -0.294 e. The largest absolute Gasteiger partial charge is 0.294 e. The first kappa shape index (κ1) is 14.4. The molecule has 0 fully saturated rings. The summed E-state index contributed by atoms with van der Waals surface area (Å²) < 4.78 is 0. The summed E-state index contributed by atoms with van der Waals surface area (Å²) in [7, 11) is 0. The lowest BCUT2D eigenvalue weighted by Gasteiger charge is -2.38. The Kier molecular flexibility index (Phi) is 3.09. The van der Waals surface area contributed by atoms with Crippen LogP contribution in [-0.4, -0.2) is 16.0 Å². The maximum atomic E-state index is 13.0. The molecule has 2 aromatic rings. The quantitative estimate of drug-likeness (QED) is 0.862. The summed E-state index contributed by atoms with van der Waals surface area (Å²) in [5.41, 5.74) is 7.20. The number of carbonyl (C=O) groups is 1. The number of allylic oxidation sites excluding steroid dienone is 2. The van der Waals surface area contributed by atoms with E-state index in [0.29, 0.717) is 12.2 Å². The third-order valence-corrected chi connectivity index (χ3v) is 5.25. The van der Waals surface area contributed by atoms with Gasteiger partial charge in [0.05, 0.1) is 6.20 Å². The molecule has 0 saturated carbocycles. The fourth-order valence-electron chi connectivity index (χ4n) is 4.30. The van der Waals surface area contributed by atoms with Gasteiger partial charge >= 0.3 is 0 Å². The van der Waals surface area contributed by atoms with E-state index >= 15 is 0 Å². The molecule has 0 saturated heterocycles. The molecule has 0 aliphatic heterocycles. The van der Waals surface area contributed by atoms with Gasteiger partial charge in [0.15, 0.2) is 5.78 Å². The van der Waals surface area contributed by atoms with E-state index in [1.165, 1.54) is 28.0 Å². The maximum Gasteiger partial charge on any atom is 0.160 e. The van der Waals surface area contributed by atoms with Crippen molar-refractivity contribution in [2.24, 2.45) is 5.41 Å². The van der Waals surface area contributed by atoms with Gasteiger partial charge in [0, 0.05) is 35.6 Å². The highest BCUT2D eigenvalue weighted by atomic mass is 16.1. The van der Waals surface area contributed by atoms with Crippen LogP contribution in [-0.2, 0) is 11.2 Å². The Morgan fingerprint density at radius 1 is 1.17 bits per heavy atom. The average molecular weight is 306 g/mol. The van der Waals surface area contributed by atoms with E-state index in [4.69, 9.17) is 0 Å². The zero-order chi connectivity index (χ0) is 16.2. The van der Waals surface area contributed by atoms with Gasteiger partial charge in [-0.3, -0.25) is 9.89 Å². The minimum atomic E-state index is 0.0392. The van der Waals surface area contributed by atoms with E-state index < -0.39 is 0 Å². The molecule has 3 nitrogen and oxygen atoms in total. The van der Waals surface area contributed by atoms with Crippen LogP contribution in [0.25, 0.3) is 0 Å². The molecular formula is C20H22N2O. The van der Waals surface area contributed by atoms with Crippen molar-refractivity contribution >= 4 is 5.78 Å². The summed E-state index contributed by atoms with van der Waals surface area (Å²) >= 11 is 0. The van der Waals surface area contributed by atoms with Gasteiger partial charge in [-0.15, -0.1) is 0 Å². The van der Waals surface area contributed by atoms with E-state index in [-0.39, 0.29) is 11.3 Å². The topological polar surface area (TPSA) is 45.8 Å². The van der Waals surface area contributed by atoms with Gasteiger partial charge in [-0.05, 0) is 29.9 Å². The lowest BCUT2D eigenvalue weighted by atomic mass is 9.65. The van der Waals surface area contributed by atoms with Crippen molar-refractivity contribution in [1.29, 1.82) is 0 Å². The molecule has 0 radical (unpaired) electrons. The predicted molar refractivity (Wildman–Crippen MR) is 90.4 cm³/mol. The molecule has 0 bridgehead atoms. The first-order chi connectivity index (χ1) is 11.0. The molecule has 118 valence electrons. The Hall–Kier alpha value is -2.16. The van der Waals surface area contributed by atoms with Crippen LogP contribution in [0, 0.1) is 12.3 Å². The molecule has 0 spiro atoms. The second-order valence-corrected chi connectivity index (χ2v) is 7.73. The molecule has 1 aromatic heterocycles. The van der Waals surface area contributed by atoms with Crippen LogP contribution in [0.3, 0.4) is 0 Å². The average Bonchev–Trinajstić information content (AvgIpc) is 2.92. The molecule has 4 rings (SSSR count). The molecular weight excluding hydrogens is 284 g/mol. The van der Waals surface area contributed by atoms with E-state index in [1.807, 2.05) is 6.20 Å². The van der Waals surface area contributed by atoms with Crippen LogP contribution in [0.15, 0.2) is 41.6 Å². The summed E-state index contributed by atoms with van der Waals surface area (Å²) in [6.45, 7) is 6.51. The number of hydrogen-bond donors (Lipinski definition) is 1. The van der Waals surface area contributed by atoms with E-state index in [1.54, 1.807) is 0 Å². The van der Waals surface area contributed by atoms with Gasteiger partial charge < -0.3 is 0 Å². The van der Waals surface area contributed by atoms with Crippen LogP contribution in [0.5, 0.6) is 0 Å². The van der Waals surface area contributed by atoms with E-state index in [9.17, 15) is 4.79 Å². The van der Waals surface area contributed by atoms with Gasteiger partial charge in [0.1, 0.15) is 0 Å². The Morgan fingerprint density at radius 2 is 1.96 bits per heavy atom. The van der Waals surface area contributed by atoms with Crippen LogP contribution < -0.4 is 0 Å². The number of hydrogen-bond acceptors (Lipinski definition) is 2. The zero-order valence-corrected chi connectivity index (χ0v) is 13.9. The number of aromatic nitrogens is 2. The number of carbonyl (C=O) groups excluding carboxylic acids is 1. The molecule has 2 aliphatic carbocycles.